The number of carbonyl (C=O) groups is 2. The van der Waals surface area contributed by atoms with Crippen molar-refractivity contribution < 1.29 is 18.0 Å². The first kappa shape index (κ1) is 19.6. The van der Waals surface area contributed by atoms with E-state index < -0.39 is 10.0 Å². The lowest BCUT2D eigenvalue weighted by Gasteiger charge is -2.07. The highest BCUT2D eigenvalue weighted by molar-refractivity contribution is 7.92. The van der Waals surface area contributed by atoms with Crippen molar-refractivity contribution in [3.63, 3.8) is 0 Å². The predicted molar refractivity (Wildman–Crippen MR) is 102 cm³/mol. The van der Waals surface area contributed by atoms with Gasteiger partial charge in [0.05, 0.1) is 0 Å². The number of Topliss-reactive ketones (excluding diaryl/α,β-unsaturated/α-hetero) is 1. The van der Waals surface area contributed by atoms with Crippen molar-refractivity contribution >= 4 is 33.5 Å². The summed E-state index contributed by atoms with van der Waals surface area (Å²) in [4.78, 5) is 23.2. The van der Waals surface area contributed by atoms with E-state index in [1.54, 1.807) is 36.4 Å². The van der Waals surface area contributed by atoms with Crippen molar-refractivity contribution in [3.8, 4) is 0 Å². The number of amides is 1. The fourth-order valence-corrected chi connectivity index (χ4v) is 2.95. The predicted octanol–water partition coefficient (Wildman–Crippen LogP) is 2.81. The third-order valence-corrected chi connectivity index (χ3v) is 4.55. The van der Waals surface area contributed by atoms with Gasteiger partial charge < -0.3 is 5.32 Å². The van der Waals surface area contributed by atoms with Crippen LogP contribution >= 0.6 is 0 Å². The van der Waals surface area contributed by atoms with Crippen LogP contribution in [0, 0.1) is 0 Å². The van der Waals surface area contributed by atoms with E-state index in [1.807, 2.05) is 18.2 Å². The highest BCUT2D eigenvalue weighted by Gasteiger charge is 2.08. The maximum Gasteiger partial charge on any atom is 0.233 e. The van der Waals surface area contributed by atoms with Crippen LogP contribution in [0.3, 0.4) is 0 Å². The van der Waals surface area contributed by atoms with Crippen LogP contribution in [0.5, 0.6) is 0 Å². The van der Waals surface area contributed by atoms with Crippen LogP contribution < -0.4 is 10.0 Å². The number of ketones is 1. The third-order valence-electron chi connectivity index (χ3n) is 3.45. The number of rotatable bonds is 8. The van der Waals surface area contributed by atoms with Gasteiger partial charge in [0.25, 0.3) is 0 Å². The van der Waals surface area contributed by atoms with Gasteiger partial charge in [-0.3, -0.25) is 9.59 Å². The van der Waals surface area contributed by atoms with Crippen LogP contribution in [-0.2, 0) is 14.8 Å². The van der Waals surface area contributed by atoms with Gasteiger partial charge >= 0.3 is 0 Å². The number of sulfonamides is 1. The number of benzene rings is 2. The number of anilines is 1. The van der Waals surface area contributed by atoms with Gasteiger partial charge in [0.15, 0.2) is 5.78 Å². The molecule has 0 aliphatic rings. The fraction of sp³-hybridized carbons (Fsp3) is 0.158. The second-order valence-corrected chi connectivity index (χ2v) is 7.24. The lowest BCUT2D eigenvalue weighted by atomic mass is 10.1. The Bertz CT molecular complexity index is 906. The van der Waals surface area contributed by atoms with Gasteiger partial charge in [0, 0.05) is 29.6 Å². The first-order valence-corrected chi connectivity index (χ1v) is 9.54. The Hall–Kier alpha value is -2.77. The molecule has 6 nitrogen and oxygen atoms in total. The summed E-state index contributed by atoms with van der Waals surface area (Å²) >= 11 is 0. The topological polar surface area (TPSA) is 92.3 Å². The zero-order chi connectivity index (χ0) is 19.0. The standard InChI is InChI=1S/C19H20N2O4S/c1-15(22)17-8-5-9-18(14-17)21-19(23)10-12-20-26(24,25)13-11-16-6-3-2-4-7-16/h2-9,11,13-14,20H,10,12H2,1H3,(H,21,23)/b13-11+. The van der Waals surface area contributed by atoms with Crippen molar-refractivity contribution in [2.24, 2.45) is 0 Å². The van der Waals surface area contributed by atoms with Crippen molar-refractivity contribution in [3.05, 3.63) is 71.1 Å². The average Bonchev–Trinajstić information content (AvgIpc) is 2.61. The molecule has 0 bridgehead atoms. The van der Waals surface area contributed by atoms with E-state index in [4.69, 9.17) is 0 Å². The van der Waals surface area contributed by atoms with Gasteiger partial charge in [-0.15, -0.1) is 0 Å². The molecule has 0 unspecified atom stereocenters. The molecule has 0 saturated heterocycles. The minimum atomic E-state index is -3.62. The molecule has 2 N–H and O–H groups in total. The molecule has 0 spiro atoms. The van der Waals surface area contributed by atoms with E-state index in [9.17, 15) is 18.0 Å². The molecule has 0 radical (unpaired) electrons. The van der Waals surface area contributed by atoms with Crippen LogP contribution in [0.1, 0.15) is 29.3 Å². The maximum absolute atomic E-state index is 11.9. The van der Waals surface area contributed by atoms with E-state index in [-0.39, 0.29) is 24.7 Å². The summed E-state index contributed by atoms with van der Waals surface area (Å²) in [6.45, 7) is 1.42. The summed E-state index contributed by atoms with van der Waals surface area (Å²) < 4.78 is 26.1. The van der Waals surface area contributed by atoms with E-state index in [0.717, 1.165) is 11.0 Å². The Morgan fingerprint density at radius 3 is 2.46 bits per heavy atom. The van der Waals surface area contributed by atoms with Crippen LogP contribution in [0.15, 0.2) is 60.0 Å². The van der Waals surface area contributed by atoms with Gasteiger partial charge in [0.1, 0.15) is 0 Å². The highest BCUT2D eigenvalue weighted by atomic mass is 32.2. The van der Waals surface area contributed by atoms with Crippen LogP contribution in [0.4, 0.5) is 5.69 Å². The van der Waals surface area contributed by atoms with E-state index in [0.29, 0.717) is 11.3 Å². The van der Waals surface area contributed by atoms with E-state index >= 15 is 0 Å². The molecule has 136 valence electrons. The first-order chi connectivity index (χ1) is 12.4. The molecule has 2 rings (SSSR count). The zero-order valence-corrected chi connectivity index (χ0v) is 15.1. The molecule has 0 saturated carbocycles. The molecule has 0 atom stereocenters. The smallest absolute Gasteiger partial charge is 0.233 e. The summed E-state index contributed by atoms with van der Waals surface area (Å²) in [7, 11) is -3.62. The molecule has 26 heavy (non-hydrogen) atoms. The van der Waals surface area contributed by atoms with Crippen molar-refractivity contribution in [2.75, 3.05) is 11.9 Å². The Labute approximate surface area is 153 Å². The van der Waals surface area contributed by atoms with Gasteiger partial charge in [-0.05, 0) is 30.7 Å². The summed E-state index contributed by atoms with van der Waals surface area (Å²) in [5, 5.41) is 3.70. The van der Waals surface area contributed by atoms with Gasteiger partial charge in [-0.25, -0.2) is 13.1 Å². The Morgan fingerprint density at radius 1 is 1.04 bits per heavy atom. The van der Waals surface area contributed by atoms with Gasteiger partial charge in [-0.2, -0.15) is 0 Å². The van der Waals surface area contributed by atoms with Crippen LogP contribution in [-0.4, -0.2) is 26.7 Å². The molecule has 1 amide bonds. The SMILES string of the molecule is CC(=O)c1cccc(NC(=O)CCNS(=O)(=O)/C=C/c2ccccc2)c1. The van der Waals surface area contributed by atoms with Crippen molar-refractivity contribution in [1.82, 2.24) is 4.72 Å². The average molecular weight is 372 g/mol. The van der Waals surface area contributed by atoms with Gasteiger partial charge in [-0.1, -0.05) is 42.5 Å². The first-order valence-electron chi connectivity index (χ1n) is 7.99. The van der Waals surface area contributed by atoms with Crippen LogP contribution in [0.25, 0.3) is 6.08 Å². The monoisotopic (exact) mass is 372 g/mol. The highest BCUT2D eigenvalue weighted by Crippen LogP contribution is 2.11. The molecule has 2 aromatic carbocycles. The third kappa shape index (κ3) is 6.62. The minimum Gasteiger partial charge on any atom is -0.326 e. The molecule has 0 aromatic heterocycles. The second-order valence-electron chi connectivity index (χ2n) is 5.59. The number of nitrogens with one attached hydrogen (secondary N) is 2. The Kier molecular flexibility index (Phi) is 6.82. The number of hydrogen-bond donors (Lipinski definition) is 2. The molecule has 7 heteroatoms. The summed E-state index contributed by atoms with van der Waals surface area (Å²) in [5.41, 5.74) is 1.75. The maximum atomic E-state index is 11.9. The second kappa shape index (κ2) is 9.07. The summed E-state index contributed by atoms with van der Waals surface area (Å²) in [6.07, 6.45) is 1.46. The summed E-state index contributed by atoms with van der Waals surface area (Å²) in [5.74, 6) is -0.445. The Morgan fingerprint density at radius 2 is 1.77 bits per heavy atom. The summed E-state index contributed by atoms with van der Waals surface area (Å²) in [6, 6.07) is 15.6. The molecule has 0 fully saturated rings. The lowest BCUT2D eigenvalue weighted by Crippen LogP contribution is -2.26. The fourth-order valence-electron chi connectivity index (χ4n) is 2.13. The normalized spacial score (nSPS) is 11.4. The van der Waals surface area contributed by atoms with E-state index in [2.05, 4.69) is 10.0 Å². The molecular weight excluding hydrogens is 352 g/mol. The molecular formula is C19H20N2O4S. The number of carbonyl (C=O) groups excluding carboxylic acids is 2. The Balaban J connectivity index is 1.83. The minimum absolute atomic E-state index is 0.0251. The molecule has 0 aliphatic heterocycles. The lowest BCUT2D eigenvalue weighted by molar-refractivity contribution is -0.116. The van der Waals surface area contributed by atoms with E-state index in [1.165, 1.54) is 13.0 Å². The quantitative estimate of drug-likeness (QED) is 0.697. The van der Waals surface area contributed by atoms with Gasteiger partial charge in [0.2, 0.25) is 15.9 Å². The molecule has 2 aromatic rings. The van der Waals surface area contributed by atoms with Crippen LogP contribution in [0.2, 0.25) is 0 Å². The number of hydrogen-bond acceptors (Lipinski definition) is 4. The zero-order valence-electron chi connectivity index (χ0n) is 14.3. The van der Waals surface area contributed by atoms with Crippen molar-refractivity contribution in [1.29, 1.82) is 0 Å². The molecule has 0 heterocycles. The molecule has 0 aliphatic carbocycles. The van der Waals surface area contributed by atoms with Crippen molar-refractivity contribution in [2.45, 2.75) is 13.3 Å². The largest absolute Gasteiger partial charge is 0.326 e.